The zero-order chi connectivity index (χ0) is 22.0. The van der Waals surface area contributed by atoms with Crippen LogP contribution in [0.4, 0.5) is 13.6 Å². The lowest BCUT2D eigenvalue weighted by atomic mass is 9.98. The average Bonchev–Trinajstić information content (AvgIpc) is 3.06. The zero-order valence-corrected chi connectivity index (χ0v) is 17.4. The third-order valence-corrected chi connectivity index (χ3v) is 6.04. The fraction of sp³-hybridized carbons (Fsp3) is 0.417. The van der Waals surface area contributed by atoms with Gasteiger partial charge in [0.1, 0.15) is 6.61 Å². The molecule has 4 rings (SSSR count). The molecule has 0 saturated carbocycles. The maximum atomic E-state index is 13.3. The van der Waals surface area contributed by atoms with Crippen LogP contribution in [0.15, 0.2) is 48.5 Å². The van der Waals surface area contributed by atoms with E-state index in [0.29, 0.717) is 0 Å². The van der Waals surface area contributed by atoms with Gasteiger partial charge in [0.25, 0.3) is 5.92 Å². The molecule has 0 aromatic heterocycles. The van der Waals surface area contributed by atoms with Crippen LogP contribution in [0.2, 0.25) is 0 Å². The average molecular weight is 428 g/mol. The molecule has 1 atom stereocenters. The van der Waals surface area contributed by atoms with Crippen LogP contribution in [0.1, 0.15) is 43.2 Å². The van der Waals surface area contributed by atoms with Crippen molar-refractivity contribution >= 4 is 12.0 Å². The van der Waals surface area contributed by atoms with Gasteiger partial charge in [-0.3, -0.25) is 4.79 Å². The lowest BCUT2D eigenvalue weighted by molar-refractivity contribution is -0.137. The second-order valence-electron chi connectivity index (χ2n) is 8.31. The van der Waals surface area contributed by atoms with Gasteiger partial charge in [0.15, 0.2) is 0 Å². The van der Waals surface area contributed by atoms with E-state index in [4.69, 9.17) is 4.74 Å². The second kappa shape index (κ2) is 8.65. The molecule has 2 aromatic rings. The predicted molar refractivity (Wildman–Crippen MR) is 113 cm³/mol. The quantitative estimate of drug-likeness (QED) is 0.760. The second-order valence-corrected chi connectivity index (χ2v) is 8.31. The summed E-state index contributed by atoms with van der Waals surface area (Å²) < 4.78 is 32.0. The number of carbonyl (C=O) groups is 2. The minimum absolute atomic E-state index is 0.0369. The van der Waals surface area contributed by atoms with Crippen LogP contribution in [0.3, 0.4) is 0 Å². The van der Waals surface area contributed by atoms with Gasteiger partial charge < -0.3 is 15.0 Å². The van der Waals surface area contributed by atoms with Gasteiger partial charge in [-0.1, -0.05) is 48.5 Å². The monoisotopic (exact) mass is 428 g/mol. The van der Waals surface area contributed by atoms with E-state index in [1.165, 1.54) is 4.90 Å². The van der Waals surface area contributed by atoms with Crippen LogP contribution >= 0.6 is 0 Å². The number of benzene rings is 2. The Hall–Kier alpha value is -2.96. The summed E-state index contributed by atoms with van der Waals surface area (Å²) in [5.74, 6) is -2.96. The zero-order valence-electron chi connectivity index (χ0n) is 17.4. The summed E-state index contributed by atoms with van der Waals surface area (Å²) in [6.45, 7) is 1.99. The van der Waals surface area contributed by atoms with Gasteiger partial charge >= 0.3 is 6.09 Å². The van der Waals surface area contributed by atoms with Crippen molar-refractivity contribution in [2.45, 2.75) is 44.1 Å². The minimum atomic E-state index is -2.69. The lowest BCUT2D eigenvalue weighted by Crippen LogP contribution is -2.45. The summed E-state index contributed by atoms with van der Waals surface area (Å²) in [7, 11) is 0. The van der Waals surface area contributed by atoms with Crippen molar-refractivity contribution in [3.8, 4) is 11.1 Å². The molecule has 1 aliphatic heterocycles. The van der Waals surface area contributed by atoms with Crippen LogP contribution in [0.5, 0.6) is 0 Å². The number of halogens is 2. The molecular formula is C24H26F2N2O3. The van der Waals surface area contributed by atoms with Gasteiger partial charge in [-0.05, 0) is 29.2 Å². The van der Waals surface area contributed by atoms with Gasteiger partial charge in [0.05, 0.1) is 0 Å². The molecule has 164 valence electrons. The fourth-order valence-corrected chi connectivity index (χ4v) is 4.37. The first-order valence-corrected chi connectivity index (χ1v) is 10.6. The molecule has 31 heavy (non-hydrogen) atoms. The van der Waals surface area contributed by atoms with Crippen LogP contribution in [-0.4, -0.2) is 48.6 Å². The normalized spacial score (nSPS) is 18.1. The highest BCUT2D eigenvalue weighted by molar-refractivity contribution is 5.79. The van der Waals surface area contributed by atoms with Gasteiger partial charge in [-0.25, -0.2) is 13.6 Å². The van der Waals surface area contributed by atoms with Crippen LogP contribution in [0, 0.1) is 0 Å². The van der Waals surface area contributed by atoms with Crippen molar-refractivity contribution in [3.63, 3.8) is 0 Å². The van der Waals surface area contributed by atoms with E-state index in [1.54, 1.807) is 6.92 Å². The maximum Gasteiger partial charge on any atom is 0.407 e. The fourth-order valence-electron chi connectivity index (χ4n) is 4.37. The first-order chi connectivity index (χ1) is 14.8. The number of alkyl halides is 2. The van der Waals surface area contributed by atoms with Crippen LogP contribution < -0.4 is 5.32 Å². The molecule has 1 N–H and O–H groups in total. The highest BCUT2D eigenvalue weighted by Gasteiger charge is 2.36. The van der Waals surface area contributed by atoms with Crippen molar-refractivity contribution in [2.75, 3.05) is 19.7 Å². The molecular weight excluding hydrogens is 402 g/mol. The number of hydrogen-bond donors (Lipinski definition) is 1. The summed E-state index contributed by atoms with van der Waals surface area (Å²) in [4.78, 5) is 26.1. The molecule has 1 unspecified atom stereocenters. The highest BCUT2D eigenvalue weighted by atomic mass is 19.3. The van der Waals surface area contributed by atoms with Gasteiger partial charge in [0, 0.05) is 44.3 Å². The molecule has 1 heterocycles. The number of fused-ring (bicyclic) bond motifs is 3. The number of hydrogen-bond acceptors (Lipinski definition) is 3. The van der Waals surface area contributed by atoms with Crippen molar-refractivity contribution < 1.29 is 23.1 Å². The standard InChI is InChI=1S/C24H26F2N2O3/c1-16(14-22(29)28-12-10-24(25,26)11-13-28)27-23(30)31-15-21-19-8-4-2-6-17(19)18-7-3-5-9-20(18)21/h2-9,16,21H,10-15H2,1H3,(H,27,30). The molecule has 0 bridgehead atoms. The van der Waals surface area contributed by atoms with E-state index < -0.39 is 18.1 Å². The molecule has 2 aromatic carbocycles. The molecule has 1 fully saturated rings. The molecule has 7 heteroatoms. The number of piperidine rings is 1. The van der Waals surface area contributed by atoms with Crippen molar-refractivity contribution in [2.24, 2.45) is 0 Å². The summed E-state index contributed by atoms with van der Waals surface area (Å²) in [6, 6.07) is 15.7. The predicted octanol–water partition coefficient (Wildman–Crippen LogP) is 4.56. The first kappa shape index (κ1) is 21.3. The Kier molecular flexibility index (Phi) is 5.94. The number of carbonyl (C=O) groups excluding carboxylic acids is 2. The Balaban J connectivity index is 1.29. The largest absolute Gasteiger partial charge is 0.449 e. The summed E-state index contributed by atoms with van der Waals surface area (Å²) in [5, 5.41) is 2.68. The Morgan fingerprint density at radius 2 is 1.61 bits per heavy atom. The van der Waals surface area contributed by atoms with E-state index in [9.17, 15) is 18.4 Å². The van der Waals surface area contributed by atoms with Gasteiger partial charge in [-0.15, -0.1) is 0 Å². The van der Waals surface area contributed by atoms with Gasteiger partial charge in [-0.2, -0.15) is 0 Å². The van der Waals surface area contributed by atoms with Crippen LogP contribution in [-0.2, 0) is 9.53 Å². The Morgan fingerprint density at radius 1 is 1.06 bits per heavy atom. The summed E-state index contributed by atoms with van der Waals surface area (Å²) in [6.07, 6.45) is -1.16. The van der Waals surface area contributed by atoms with E-state index >= 15 is 0 Å². The maximum absolute atomic E-state index is 13.3. The number of nitrogens with one attached hydrogen (secondary N) is 1. The molecule has 2 amide bonds. The summed E-state index contributed by atoms with van der Waals surface area (Å²) in [5.41, 5.74) is 4.56. The van der Waals surface area contributed by atoms with E-state index in [2.05, 4.69) is 17.4 Å². The van der Waals surface area contributed by atoms with Crippen LogP contribution in [0.25, 0.3) is 11.1 Å². The number of ether oxygens (including phenoxy) is 1. The third kappa shape index (κ3) is 4.70. The highest BCUT2D eigenvalue weighted by Crippen LogP contribution is 2.44. The molecule has 5 nitrogen and oxygen atoms in total. The number of nitrogens with zero attached hydrogens (tertiary/aromatic N) is 1. The Morgan fingerprint density at radius 3 is 2.19 bits per heavy atom. The van der Waals surface area contributed by atoms with Crippen molar-refractivity contribution in [1.29, 1.82) is 0 Å². The molecule has 1 aliphatic carbocycles. The SMILES string of the molecule is CC(CC(=O)N1CCC(F)(F)CC1)NC(=O)OCC1c2ccccc2-c2ccccc21. The first-order valence-electron chi connectivity index (χ1n) is 10.6. The number of likely N-dealkylation sites (tertiary alicyclic amines) is 1. The minimum Gasteiger partial charge on any atom is -0.449 e. The Bertz CT molecular complexity index is 923. The van der Waals surface area contributed by atoms with E-state index in [0.717, 1.165) is 22.3 Å². The van der Waals surface area contributed by atoms with E-state index in [-0.39, 0.29) is 50.8 Å². The molecule has 0 radical (unpaired) electrons. The van der Waals surface area contributed by atoms with Crippen molar-refractivity contribution in [3.05, 3.63) is 59.7 Å². The Labute approximate surface area is 180 Å². The molecule has 1 saturated heterocycles. The molecule has 2 aliphatic rings. The smallest absolute Gasteiger partial charge is 0.407 e. The lowest BCUT2D eigenvalue weighted by Gasteiger charge is -2.32. The number of rotatable bonds is 5. The summed E-state index contributed by atoms with van der Waals surface area (Å²) >= 11 is 0. The number of alkyl carbamates (subject to hydrolysis) is 1. The number of amides is 2. The van der Waals surface area contributed by atoms with E-state index in [1.807, 2.05) is 36.4 Å². The third-order valence-electron chi connectivity index (χ3n) is 6.04. The molecule has 0 spiro atoms. The topological polar surface area (TPSA) is 58.6 Å². The van der Waals surface area contributed by atoms with Crippen molar-refractivity contribution in [1.82, 2.24) is 10.2 Å². The van der Waals surface area contributed by atoms with Gasteiger partial charge in [0.2, 0.25) is 5.91 Å².